The first kappa shape index (κ1) is 22.4. The fraction of sp³-hybridized carbons (Fsp3) is 0.320. The Labute approximate surface area is 192 Å². The Morgan fingerprint density at radius 2 is 1.78 bits per heavy atom. The van der Waals surface area contributed by atoms with Crippen LogP contribution >= 0.6 is 11.6 Å². The maximum Gasteiger partial charge on any atom is 0.289 e. The molecule has 0 spiro atoms. The van der Waals surface area contributed by atoms with E-state index in [1.165, 1.54) is 12.1 Å². The summed E-state index contributed by atoms with van der Waals surface area (Å²) < 4.78 is 24.9. The summed E-state index contributed by atoms with van der Waals surface area (Å²) >= 11 is 6.14. The van der Waals surface area contributed by atoms with Gasteiger partial charge in [0.05, 0.1) is 0 Å². The second kappa shape index (κ2) is 9.76. The number of para-hydroxylation sites is 1. The second-order valence-electron chi connectivity index (χ2n) is 8.08. The van der Waals surface area contributed by atoms with Crippen molar-refractivity contribution in [3.05, 3.63) is 87.6 Å². The molecule has 0 atom stereocenters. The van der Waals surface area contributed by atoms with Crippen molar-refractivity contribution in [2.24, 2.45) is 0 Å². The third kappa shape index (κ3) is 5.14. The lowest BCUT2D eigenvalue weighted by Gasteiger charge is -2.34. The van der Waals surface area contributed by atoms with Crippen molar-refractivity contribution in [3.8, 4) is 5.75 Å². The summed E-state index contributed by atoms with van der Waals surface area (Å²) in [4.78, 5) is 16.9. The molecule has 0 saturated carbocycles. The van der Waals surface area contributed by atoms with Crippen LogP contribution in [0.1, 0.15) is 33.0 Å². The molecular formula is C25H26ClFN2O3. The van der Waals surface area contributed by atoms with Gasteiger partial charge in [0.1, 0.15) is 23.9 Å². The van der Waals surface area contributed by atoms with Crippen LogP contribution in [-0.2, 0) is 13.2 Å². The molecule has 1 aliphatic heterocycles. The fourth-order valence-electron chi connectivity index (χ4n) is 3.90. The summed E-state index contributed by atoms with van der Waals surface area (Å²) in [6.07, 6.45) is 0. The lowest BCUT2D eigenvalue weighted by Crippen LogP contribution is -2.48. The van der Waals surface area contributed by atoms with E-state index < -0.39 is 0 Å². The average Bonchev–Trinajstić information content (AvgIpc) is 3.24. The summed E-state index contributed by atoms with van der Waals surface area (Å²) in [5.41, 5.74) is 3.01. The topological polar surface area (TPSA) is 45.9 Å². The van der Waals surface area contributed by atoms with Crippen LogP contribution in [0, 0.1) is 19.7 Å². The van der Waals surface area contributed by atoms with Crippen LogP contribution in [0.25, 0.3) is 0 Å². The number of hydrogen-bond acceptors (Lipinski definition) is 4. The van der Waals surface area contributed by atoms with Gasteiger partial charge in [-0.15, -0.1) is 0 Å². The Hall–Kier alpha value is -2.83. The molecule has 2 aromatic carbocycles. The van der Waals surface area contributed by atoms with Crippen molar-refractivity contribution >= 4 is 17.5 Å². The van der Waals surface area contributed by atoms with Crippen molar-refractivity contribution in [1.82, 2.24) is 9.80 Å². The minimum Gasteiger partial charge on any atom is -0.485 e. The van der Waals surface area contributed by atoms with E-state index in [9.17, 15) is 9.18 Å². The quantitative estimate of drug-likeness (QED) is 0.509. The standard InChI is InChI=1S/C25H26ClFN2O3/c1-17-4-3-5-18(2)24(17)31-16-21-8-9-23(32-21)25(30)29-12-10-28(11-13-29)15-19-6-7-20(27)14-22(19)26/h3-9,14H,10-13,15-16H2,1-2H3. The molecule has 1 aromatic heterocycles. The molecule has 0 N–H and O–H groups in total. The van der Waals surface area contributed by atoms with E-state index in [0.717, 1.165) is 22.4 Å². The molecule has 5 nitrogen and oxygen atoms in total. The summed E-state index contributed by atoms with van der Waals surface area (Å²) in [6.45, 7) is 7.50. The molecule has 0 unspecified atom stereocenters. The maximum atomic E-state index is 13.2. The highest BCUT2D eigenvalue weighted by atomic mass is 35.5. The van der Waals surface area contributed by atoms with E-state index >= 15 is 0 Å². The predicted octanol–water partition coefficient (Wildman–Crippen LogP) is 5.23. The summed E-state index contributed by atoms with van der Waals surface area (Å²) in [5, 5.41) is 0.426. The van der Waals surface area contributed by atoms with Gasteiger partial charge >= 0.3 is 0 Å². The van der Waals surface area contributed by atoms with Crippen LogP contribution < -0.4 is 4.74 Å². The molecule has 1 fully saturated rings. The molecule has 32 heavy (non-hydrogen) atoms. The highest BCUT2D eigenvalue weighted by molar-refractivity contribution is 6.31. The molecule has 3 aromatic rings. The zero-order valence-electron chi connectivity index (χ0n) is 18.2. The molecule has 0 aliphatic carbocycles. The average molecular weight is 457 g/mol. The van der Waals surface area contributed by atoms with Gasteiger partial charge in [0.2, 0.25) is 0 Å². The molecular weight excluding hydrogens is 431 g/mol. The summed E-state index contributed by atoms with van der Waals surface area (Å²) in [7, 11) is 0. The van der Waals surface area contributed by atoms with E-state index in [-0.39, 0.29) is 18.3 Å². The van der Waals surface area contributed by atoms with E-state index in [2.05, 4.69) is 4.90 Å². The third-order valence-corrected chi connectivity index (χ3v) is 6.06. The zero-order chi connectivity index (χ0) is 22.7. The van der Waals surface area contributed by atoms with Crippen molar-refractivity contribution in [2.75, 3.05) is 26.2 Å². The number of carbonyl (C=O) groups excluding carboxylic acids is 1. The predicted molar refractivity (Wildman–Crippen MR) is 122 cm³/mol. The Morgan fingerprint density at radius 1 is 1.06 bits per heavy atom. The number of piperazine rings is 1. The number of furan rings is 1. The van der Waals surface area contributed by atoms with Crippen LogP contribution in [-0.4, -0.2) is 41.9 Å². The number of halogens is 2. The van der Waals surface area contributed by atoms with Gasteiger partial charge in [-0.2, -0.15) is 0 Å². The van der Waals surface area contributed by atoms with Crippen LogP contribution in [0.2, 0.25) is 5.02 Å². The number of carbonyl (C=O) groups is 1. The number of hydrogen-bond donors (Lipinski definition) is 0. The molecule has 4 rings (SSSR count). The number of rotatable bonds is 6. The molecule has 7 heteroatoms. The van der Waals surface area contributed by atoms with Crippen LogP contribution in [0.4, 0.5) is 4.39 Å². The van der Waals surface area contributed by atoms with Crippen molar-refractivity contribution in [3.63, 3.8) is 0 Å². The van der Waals surface area contributed by atoms with Gasteiger partial charge < -0.3 is 14.1 Å². The van der Waals surface area contributed by atoms with E-state index in [1.807, 2.05) is 32.0 Å². The Bertz CT molecular complexity index is 1090. The smallest absolute Gasteiger partial charge is 0.289 e. The van der Waals surface area contributed by atoms with Crippen molar-refractivity contribution < 1.29 is 18.3 Å². The van der Waals surface area contributed by atoms with Crippen LogP contribution in [0.5, 0.6) is 5.75 Å². The normalized spacial score (nSPS) is 14.6. The molecule has 1 amide bonds. The van der Waals surface area contributed by atoms with Gasteiger partial charge in [0.25, 0.3) is 5.91 Å². The van der Waals surface area contributed by atoms with Gasteiger partial charge in [0.15, 0.2) is 5.76 Å². The Morgan fingerprint density at radius 3 is 2.47 bits per heavy atom. The highest BCUT2D eigenvalue weighted by Gasteiger charge is 2.24. The number of nitrogens with zero attached hydrogens (tertiary/aromatic N) is 2. The first-order valence-corrected chi connectivity index (χ1v) is 11.0. The molecule has 0 radical (unpaired) electrons. The number of aryl methyl sites for hydroxylation is 2. The maximum absolute atomic E-state index is 13.2. The lowest BCUT2D eigenvalue weighted by atomic mass is 10.1. The van der Waals surface area contributed by atoms with Crippen molar-refractivity contribution in [1.29, 1.82) is 0 Å². The fourth-order valence-corrected chi connectivity index (χ4v) is 4.12. The number of amides is 1. The van der Waals surface area contributed by atoms with E-state index in [1.54, 1.807) is 23.1 Å². The number of benzene rings is 2. The van der Waals surface area contributed by atoms with E-state index in [0.29, 0.717) is 49.3 Å². The van der Waals surface area contributed by atoms with Gasteiger partial charge in [0, 0.05) is 37.7 Å². The van der Waals surface area contributed by atoms with Gasteiger partial charge in [-0.1, -0.05) is 35.9 Å². The highest BCUT2D eigenvalue weighted by Crippen LogP contribution is 2.24. The summed E-state index contributed by atoms with van der Waals surface area (Å²) in [5.74, 6) is 1.31. The first-order chi connectivity index (χ1) is 15.4. The minimum absolute atomic E-state index is 0.122. The molecule has 2 heterocycles. The largest absolute Gasteiger partial charge is 0.485 e. The van der Waals surface area contributed by atoms with E-state index in [4.69, 9.17) is 20.8 Å². The molecule has 1 aliphatic rings. The van der Waals surface area contributed by atoms with Gasteiger partial charge in [-0.25, -0.2) is 4.39 Å². The lowest BCUT2D eigenvalue weighted by molar-refractivity contribution is 0.0594. The monoisotopic (exact) mass is 456 g/mol. The first-order valence-electron chi connectivity index (χ1n) is 10.6. The SMILES string of the molecule is Cc1cccc(C)c1OCc1ccc(C(=O)N2CCN(Cc3ccc(F)cc3Cl)CC2)o1. The Kier molecular flexibility index (Phi) is 6.82. The second-order valence-corrected chi connectivity index (χ2v) is 8.49. The minimum atomic E-state index is -0.341. The number of ether oxygens (including phenoxy) is 1. The van der Waals surface area contributed by atoms with Crippen LogP contribution in [0.3, 0.4) is 0 Å². The third-order valence-electron chi connectivity index (χ3n) is 5.71. The zero-order valence-corrected chi connectivity index (χ0v) is 19.0. The summed E-state index contributed by atoms with van der Waals surface area (Å²) in [6, 6.07) is 13.9. The molecule has 1 saturated heterocycles. The Balaban J connectivity index is 1.30. The van der Waals surface area contributed by atoms with Gasteiger partial charge in [-0.3, -0.25) is 9.69 Å². The molecule has 168 valence electrons. The molecule has 0 bridgehead atoms. The van der Waals surface area contributed by atoms with Crippen LogP contribution in [0.15, 0.2) is 52.9 Å². The van der Waals surface area contributed by atoms with Gasteiger partial charge in [-0.05, 0) is 54.8 Å². The van der Waals surface area contributed by atoms with Crippen molar-refractivity contribution in [2.45, 2.75) is 27.0 Å².